The molecule has 1 amide bonds. The van der Waals surface area contributed by atoms with Crippen molar-refractivity contribution in [1.82, 2.24) is 0 Å². The third-order valence-electron chi connectivity index (χ3n) is 3.96. The van der Waals surface area contributed by atoms with Crippen molar-refractivity contribution in [3.63, 3.8) is 0 Å². The third-order valence-corrected chi connectivity index (χ3v) is 3.96. The number of rotatable bonds is 6. The van der Waals surface area contributed by atoms with Crippen LogP contribution in [0.25, 0.3) is 11.1 Å². The minimum Gasteiger partial charge on any atom is -0.595 e. The van der Waals surface area contributed by atoms with Gasteiger partial charge in [0.15, 0.2) is 12.3 Å². The average Bonchev–Trinajstić information content (AvgIpc) is 2.73. The van der Waals surface area contributed by atoms with Gasteiger partial charge < -0.3 is 15.3 Å². The highest BCUT2D eigenvalue weighted by Gasteiger charge is 2.07. The van der Waals surface area contributed by atoms with Crippen LogP contribution in [-0.2, 0) is 4.79 Å². The van der Waals surface area contributed by atoms with Crippen LogP contribution in [0.4, 0.5) is 11.4 Å². The molecule has 0 saturated carbocycles. The summed E-state index contributed by atoms with van der Waals surface area (Å²) in [7, 11) is 0. The molecular weight excluding hydrogens is 358 g/mol. The van der Waals surface area contributed by atoms with E-state index in [4.69, 9.17) is 15.2 Å². The first kappa shape index (κ1) is 19.1. The highest BCUT2D eigenvalue weighted by atomic mass is 16.8. The number of nitriles is 1. The summed E-state index contributed by atoms with van der Waals surface area (Å²) in [5.41, 5.74) is 3.03. The molecule has 7 nitrogen and oxygen atoms in total. The van der Waals surface area contributed by atoms with E-state index in [-0.39, 0.29) is 12.3 Å². The molecule has 7 heteroatoms. The number of benzene rings is 3. The Kier molecular flexibility index (Phi) is 5.99. The van der Waals surface area contributed by atoms with Gasteiger partial charge in [-0.15, -0.1) is 0 Å². The summed E-state index contributed by atoms with van der Waals surface area (Å²) in [6, 6.07) is 22.6. The maximum Gasteiger partial charge on any atom is 0.262 e. The summed E-state index contributed by atoms with van der Waals surface area (Å²) in [4.78, 5) is 12.0. The molecule has 0 radical (unpaired) electrons. The zero-order chi connectivity index (χ0) is 19.9. The van der Waals surface area contributed by atoms with Gasteiger partial charge in [-0.2, -0.15) is 10.5 Å². The van der Waals surface area contributed by atoms with Gasteiger partial charge in [-0.3, -0.25) is 4.79 Å². The quantitative estimate of drug-likeness (QED) is 0.574. The summed E-state index contributed by atoms with van der Waals surface area (Å²) < 4.78 is 5.47. The van der Waals surface area contributed by atoms with E-state index in [1.807, 2.05) is 24.3 Å². The normalized spacial score (nSPS) is 11.3. The van der Waals surface area contributed by atoms with Gasteiger partial charge in [0.2, 0.25) is 0 Å². The Balaban J connectivity index is 1.56. The molecule has 3 rings (SSSR count). The van der Waals surface area contributed by atoms with Crippen LogP contribution in [0.15, 0.2) is 72.8 Å². The summed E-state index contributed by atoms with van der Waals surface area (Å²) in [6.07, 6.45) is 0. The molecule has 3 N–H and O–H groups in total. The fourth-order valence-electron chi connectivity index (χ4n) is 2.56. The third kappa shape index (κ3) is 4.93. The van der Waals surface area contributed by atoms with Crippen molar-refractivity contribution in [3.05, 3.63) is 83.6 Å². The highest BCUT2D eigenvalue weighted by molar-refractivity contribution is 5.92. The standard InChI is InChI=1S/C21H17N3O4/c22-13-15-4-6-16(7-5-15)17-8-10-20(11-9-17)28-14-21(25)23-18-2-1-3-19(12-18)24(26)27/h1-12,24,26H,14H2,(H,23,25). The number of nitrogens with one attached hydrogen (secondary N) is 2. The van der Waals surface area contributed by atoms with Gasteiger partial charge in [-0.25, -0.2) is 5.21 Å². The molecule has 3 aromatic rings. The molecule has 0 fully saturated rings. The van der Waals surface area contributed by atoms with Crippen LogP contribution in [-0.4, -0.2) is 17.7 Å². The average molecular weight is 375 g/mol. The lowest BCUT2D eigenvalue weighted by atomic mass is 10.0. The first-order valence-corrected chi connectivity index (χ1v) is 8.42. The lowest BCUT2D eigenvalue weighted by Gasteiger charge is -2.13. The highest BCUT2D eigenvalue weighted by Crippen LogP contribution is 2.23. The maximum absolute atomic E-state index is 12.0. The number of carbonyl (C=O) groups is 1. The van der Waals surface area contributed by atoms with Crippen molar-refractivity contribution in [2.45, 2.75) is 0 Å². The predicted octanol–water partition coefficient (Wildman–Crippen LogP) is 2.65. The van der Waals surface area contributed by atoms with Gasteiger partial charge in [0.1, 0.15) is 5.75 Å². The first-order chi connectivity index (χ1) is 13.5. The molecule has 0 spiro atoms. The van der Waals surface area contributed by atoms with Gasteiger partial charge in [0.05, 0.1) is 11.6 Å². The van der Waals surface area contributed by atoms with Crippen LogP contribution >= 0.6 is 0 Å². The molecule has 1 unspecified atom stereocenters. The van der Waals surface area contributed by atoms with Crippen LogP contribution in [0.1, 0.15) is 5.56 Å². The molecule has 0 heterocycles. The minimum absolute atomic E-state index is 0.0945. The second-order valence-corrected chi connectivity index (χ2v) is 5.94. The van der Waals surface area contributed by atoms with Gasteiger partial charge in [0.25, 0.3) is 5.91 Å². The number of nitrogens with zero attached hydrogens (tertiary/aromatic N) is 1. The Morgan fingerprint density at radius 1 is 1.07 bits per heavy atom. The van der Waals surface area contributed by atoms with E-state index in [0.717, 1.165) is 11.1 Å². The van der Waals surface area contributed by atoms with E-state index in [0.29, 0.717) is 17.0 Å². The molecule has 1 atom stereocenters. The minimum atomic E-state index is -1.06. The first-order valence-electron chi connectivity index (χ1n) is 8.42. The lowest BCUT2D eigenvalue weighted by Crippen LogP contribution is -2.99. The fourth-order valence-corrected chi connectivity index (χ4v) is 2.56. The molecule has 0 saturated heterocycles. The second kappa shape index (κ2) is 8.79. The van der Waals surface area contributed by atoms with Crippen molar-refractivity contribution in [2.24, 2.45) is 0 Å². The van der Waals surface area contributed by atoms with Crippen LogP contribution < -0.4 is 15.3 Å². The predicted molar refractivity (Wildman–Crippen MR) is 103 cm³/mol. The number of hydrogen-bond donors (Lipinski definition) is 3. The Bertz CT molecular complexity index is 993. The van der Waals surface area contributed by atoms with Gasteiger partial charge in [0, 0.05) is 17.8 Å². The number of quaternary nitrogens is 1. The van der Waals surface area contributed by atoms with E-state index in [2.05, 4.69) is 11.4 Å². The van der Waals surface area contributed by atoms with Crippen LogP contribution in [0.5, 0.6) is 5.75 Å². The molecular formula is C21H17N3O4. The molecule has 3 aromatic carbocycles. The Hall–Kier alpha value is -3.70. The molecule has 0 bridgehead atoms. The molecule has 0 aromatic heterocycles. The number of amides is 1. The zero-order valence-corrected chi connectivity index (χ0v) is 14.8. The summed E-state index contributed by atoms with van der Waals surface area (Å²) in [5.74, 6) is 0.144. The van der Waals surface area contributed by atoms with Crippen LogP contribution in [0, 0.1) is 16.5 Å². The van der Waals surface area contributed by atoms with E-state index in [9.17, 15) is 10.0 Å². The smallest absolute Gasteiger partial charge is 0.262 e. The summed E-state index contributed by atoms with van der Waals surface area (Å²) >= 11 is 0. The second-order valence-electron chi connectivity index (χ2n) is 5.94. The largest absolute Gasteiger partial charge is 0.595 e. The molecule has 140 valence electrons. The number of anilines is 1. The molecule has 0 aliphatic heterocycles. The van der Waals surface area contributed by atoms with Crippen molar-refractivity contribution >= 4 is 17.3 Å². The van der Waals surface area contributed by atoms with E-state index in [1.54, 1.807) is 36.4 Å². The Morgan fingerprint density at radius 2 is 1.71 bits per heavy atom. The van der Waals surface area contributed by atoms with Gasteiger partial charge in [-0.1, -0.05) is 30.3 Å². The lowest BCUT2D eigenvalue weighted by molar-refractivity contribution is -0.991. The fraction of sp³-hybridized carbons (Fsp3) is 0.0476. The molecule has 0 aliphatic rings. The summed E-state index contributed by atoms with van der Waals surface area (Å²) in [5, 5.41) is 30.3. The zero-order valence-electron chi connectivity index (χ0n) is 14.8. The SMILES string of the molecule is N#Cc1ccc(-c2ccc(OCC(=O)Nc3cccc([NH+]([O-])O)c3)cc2)cc1. The monoisotopic (exact) mass is 375 g/mol. The van der Waals surface area contributed by atoms with E-state index >= 15 is 0 Å². The number of hydrogen-bond acceptors (Lipinski definition) is 5. The maximum atomic E-state index is 12.0. The van der Waals surface area contributed by atoms with E-state index in [1.165, 1.54) is 12.1 Å². The van der Waals surface area contributed by atoms with Gasteiger partial charge >= 0.3 is 0 Å². The number of ether oxygens (including phenoxy) is 1. The van der Waals surface area contributed by atoms with E-state index < -0.39 is 11.1 Å². The number of carbonyl (C=O) groups excluding carboxylic acids is 1. The van der Waals surface area contributed by atoms with Crippen molar-refractivity contribution in [1.29, 1.82) is 5.26 Å². The van der Waals surface area contributed by atoms with Crippen LogP contribution in [0.2, 0.25) is 0 Å². The van der Waals surface area contributed by atoms with Crippen molar-refractivity contribution in [3.8, 4) is 22.9 Å². The van der Waals surface area contributed by atoms with Crippen molar-refractivity contribution < 1.29 is 20.0 Å². The Labute approximate surface area is 161 Å². The molecule has 28 heavy (non-hydrogen) atoms. The topological polar surface area (TPSA) is 110 Å². The Morgan fingerprint density at radius 3 is 2.32 bits per heavy atom. The molecule has 0 aliphatic carbocycles. The summed E-state index contributed by atoms with van der Waals surface area (Å²) in [6.45, 7) is -0.201. The van der Waals surface area contributed by atoms with Crippen LogP contribution in [0.3, 0.4) is 0 Å². The van der Waals surface area contributed by atoms with Crippen molar-refractivity contribution in [2.75, 3.05) is 11.9 Å². The van der Waals surface area contributed by atoms with Gasteiger partial charge in [-0.05, 0) is 41.5 Å².